The number of aromatic hydroxyl groups is 1. The Bertz CT molecular complexity index is 641. The van der Waals surface area contributed by atoms with Crippen molar-refractivity contribution in [1.82, 2.24) is 4.90 Å². The molecule has 2 rings (SSSR count). The van der Waals surface area contributed by atoms with Crippen LogP contribution >= 0.6 is 12.0 Å². The van der Waals surface area contributed by atoms with E-state index in [4.69, 9.17) is 4.55 Å². The summed E-state index contributed by atoms with van der Waals surface area (Å²) in [5, 5.41) is 9.56. The molecule has 0 aliphatic rings. The molecule has 2 aromatic rings. The molecular formula is C15H15NO3S. The number of carbonyl (C=O) groups is 1. The number of carbonyl (C=O) groups excluding carboxylic acids is 1. The maximum Gasteiger partial charge on any atom is 0.253 e. The molecule has 0 aliphatic carbocycles. The van der Waals surface area contributed by atoms with Crippen LogP contribution in [0.1, 0.15) is 10.4 Å². The highest BCUT2D eigenvalue weighted by Crippen LogP contribution is 2.31. The molecular weight excluding hydrogens is 274 g/mol. The van der Waals surface area contributed by atoms with Gasteiger partial charge in [-0.3, -0.25) is 4.79 Å². The molecule has 0 heterocycles. The van der Waals surface area contributed by atoms with Gasteiger partial charge < -0.3 is 14.6 Å². The van der Waals surface area contributed by atoms with Crippen molar-refractivity contribution in [2.45, 2.75) is 4.90 Å². The number of benzene rings is 2. The van der Waals surface area contributed by atoms with Gasteiger partial charge in [-0.05, 0) is 35.4 Å². The molecule has 104 valence electrons. The van der Waals surface area contributed by atoms with Crippen molar-refractivity contribution in [2.24, 2.45) is 0 Å². The Kier molecular flexibility index (Phi) is 4.32. The van der Waals surface area contributed by atoms with Crippen molar-refractivity contribution in [1.29, 1.82) is 0 Å². The van der Waals surface area contributed by atoms with Gasteiger partial charge in [-0.2, -0.15) is 0 Å². The first kappa shape index (κ1) is 14.4. The first-order valence-electron chi connectivity index (χ1n) is 5.99. The zero-order valence-electron chi connectivity index (χ0n) is 11.2. The van der Waals surface area contributed by atoms with Gasteiger partial charge in [0.2, 0.25) is 0 Å². The number of nitrogens with zero attached hydrogens (tertiary/aromatic N) is 1. The Morgan fingerprint density at radius 1 is 1.10 bits per heavy atom. The lowest BCUT2D eigenvalue weighted by Gasteiger charge is -2.11. The van der Waals surface area contributed by atoms with Gasteiger partial charge in [0, 0.05) is 31.7 Å². The average Bonchev–Trinajstić information content (AvgIpc) is 2.47. The predicted octanol–water partition coefficient (Wildman–Crippen LogP) is 3.33. The fraction of sp³-hybridized carbons (Fsp3) is 0.133. The van der Waals surface area contributed by atoms with Crippen LogP contribution in [-0.2, 0) is 0 Å². The Labute approximate surface area is 121 Å². The number of hydrogen-bond acceptors (Lipinski definition) is 4. The molecule has 0 saturated heterocycles. The number of phenols is 1. The quantitative estimate of drug-likeness (QED) is 0.851. The van der Waals surface area contributed by atoms with E-state index in [-0.39, 0.29) is 11.7 Å². The van der Waals surface area contributed by atoms with Gasteiger partial charge in [-0.15, -0.1) is 0 Å². The minimum Gasteiger partial charge on any atom is -0.507 e. The van der Waals surface area contributed by atoms with E-state index < -0.39 is 0 Å². The summed E-state index contributed by atoms with van der Waals surface area (Å²) in [6.07, 6.45) is 0. The lowest BCUT2D eigenvalue weighted by atomic mass is 10.0. The Morgan fingerprint density at radius 3 is 2.45 bits per heavy atom. The number of rotatable bonds is 3. The summed E-state index contributed by atoms with van der Waals surface area (Å²) in [5.74, 6) is -0.0378. The molecule has 0 spiro atoms. The van der Waals surface area contributed by atoms with Crippen LogP contribution in [0.25, 0.3) is 11.1 Å². The monoisotopic (exact) mass is 289 g/mol. The van der Waals surface area contributed by atoms with Crippen molar-refractivity contribution in [2.75, 3.05) is 14.1 Å². The largest absolute Gasteiger partial charge is 0.507 e. The molecule has 2 N–H and O–H groups in total. The van der Waals surface area contributed by atoms with E-state index in [2.05, 4.69) is 0 Å². The third-order valence-electron chi connectivity index (χ3n) is 2.91. The molecule has 0 fully saturated rings. The molecule has 5 heteroatoms. The molecule has 0 atom stereocenters. The van der Waals surface area contributed by atoms with Crippen molar-refractivity contribution in [3.8, 4) is 16.9 Å². The number of amides is 1. The summed E-state index contributed by atoms with van der Waals surface area (Å²) in [7, 11) is 3.41. The summed E-state index contributed by atoms with van der Waals surface area (Å²) >= 11 is 0.494. The van der Waals surface area contributed by atoms with Gasteiger partial charge in [-0.1, -0.05) is 18.2 Å². The van der Waals surface area contributed by atoms with Crippen LogP contribution in [0.2, 0.25) is 0 Å². The number of phenolic OH excluding ortho intramolecular Hbond substituents is 1. The summed E-state index contributed by atoms with van der Waals surface area (Å²) < 4.78 is 9.10. The van der Waals surface area contributed by atoms with Crippen LogP contribution in [0.3, 0.4) is 0 Å². The molecule has 2 aromatic carbocycles. The summed E-state index contributed by atoms with van der Waals surface area (Å²) in [6, 6.07) is 12.2. The van der Waals surface area contributed by atoms with Gasteiger partial charge in [0.15, 0.2) is 0 Å². The molecule has 0 bridgehead atoms. The summed E-state index contributed by atoms with van der Waals surface area (Å²) in [5.41, 5.74) is 2.28. The van der Waals surface area contributed by atoms with Crippen molar-refractivity contribution < 1.29 is 14.5 Å². The second-order valence-corrected chi connectivity index (χ2v) is 5.18. The zero-order chi connectivity index (χ0) is 14.7. The summed E-state index contributed by atoms with van der Waals surface area (Å²) in [4.78, 5) is 13.8. The van der Waals surface area contributed by atoms with E-state index in [9.17, 15) is 9.90 Å². The molecule has 0 aliphatic heterocycles. The molecule has 0 unspecified atom stereocenters. The highest BCUT2D eigenvalue weighted by atomic mass is 32.2. The van der Waals surface area contributed by atoms with Crippen LogP contribution in [-0.4, -0.2) is 34.6 Å². The second kappa shape index (κ2) is 5.98. The van der Waals surface area contributed by atoms with Crippen molar-refractivity contribution in [3.05, 3.63) is 48.0 Å². The molecule has 0 aromatic heterocycles. The smallest absolute Gasteiger partial charge is 0.253 e. The average molecular weight is 289 g/mol. The van der Waals surface area contributed by atoms with Crippen LogP contribution in [0, 0.1) is 0 Å². The highest BCUT2D eigenvalue weighted by molar-refractivity contribution is 7.93. The third-order valence-corrected chi connectivity index (χ3v) is 3.43. The van der Waals surface area contributed by atoms with Crippen LogP contribution in [0.15, 0.2) is 47.4 Å². The molecule has 4 nitrogen and oxygen atoms in total. The third kappa shape index (κ3) is 2.95. The molecule has 0 radical (unpaired) electrons. The highest BCUT2D eigenvalue weighted by Gasteiger charge is 2.10. The van der Waals surface area contributed by atoms with Gasteiger partial charge in [0.25, 0.3) is 5.91 Å². The molecule has 1 amide bonds. The van der Waals surface area contributed by atoms with E-state index in [1.165, 1.54) is 11.0 Å². The Morgan fingerprint density at radius 2 is 1.80 bits per heavy atom. The fourth-order valence-electron chi connectivity index (χ4n) is 1.86. The fourth-order valence-corrected chi connectivity index (χ4v) is 2.20. The Hall–Kier alpha value is -1.98. The van der Waals surface area contributed by atoms with Gasteiger partial charge in [0.1, 0.15) is 5.75 Å². The minimum absolute atomic E-state index is 0.0294. The molecule has 20 heavy (non-hydrogen) atoms. The zero-order valence-corrected chi connectivity index (χ0v) is 12.0. The first-order chi connectivity index (χ1) is 9.52. The van der Waals surface area contributed by atoms with Crippen LogP contribution in [0.5, 0.6) is 5.75 Å². The van der Waals surface area contributed by atoms with Crippen molar-refractivity contribution in [3.63, 3.8) is 0 Å². The van der Waals surface area contributed by atoms with Crippen LogP contribution in [0.4, 0.5) is 0 Å². The lowest BCUT2D eigenvalue weighted by Crippen LogP contribution is -2.21. The van der Waals surface area contributed by atoms with E-state index in [1.807, 2.05) is 12.1 Å². The first-order valence-corrected chi connectivity index (χ1v) is 6.77. The van der Waals surface area contributed by atoms with E-state index in [0.29, 0.717) is 22.5 Å². The minimum atomic E-state index is -0.0672. The van der Waals surface area contributed by atoms with Gasteiger partial charge in [0.05, 0.1) is 4.90 Å². The maximum atomic E-state index is 11.9. The normalized spacial score (nSPS) is 10.3. The van der Waals surface area contributed by atoms with Crippen molar-refractivity contribution >= 4 is 17.9 Å². The van der Waals surface area contributed by atoms with Crippen LogP contribution < -0.4 is 0 Å². The predicted molar refractivity (Wildman–Crippen MR) is 80.0 cm³/mol. The van der Waals surface area contributed by atoms with E-state index in [1.54, 1.807) is 38.4 Å². The Balaban J connectivity index is 2.43. The van der Waals surface area contributed by atoms with Gasteiger partial charge >= 0.3 is 0 Å². The van der Waals surface area contributed by atoms with E-state index in [0.717, 1.165) is 11.1 Å². The van der Waals surface area contributed by atoms with Gasteiger partial charge in [-0.25, -0.2) is 0 Å². The SMILES string of the molecule is CN(C)C(=O)c1cccc(-c2ccc(O)c(SO)c2)c1. The second-order valence-electron chi connectivity index (χ2n) is 4.55. The standard InChI is InChI=1S/C15H15NO3S/c1-16(2)15(18)12-5-3-4-10(8-12)11-6-7-13(17)14(9-11)20-19/h3-9,17,19H,1-2H3. The topological polar surface area (TPSA) is 60.8 Å². The maximum absolute atomic E-state index is 11.9. The lowest BCUT2D eigenvalue weighted by molar-refractivity contribution is 0.0827. The number of hydrogen-bond donors (Lipinski definition) is 2. The molecule has 0 saturated carbocycles. The summed E-state index contributed by atoms with van der Waals surface area (Å²) in [6.45, 7) is 0. The van der Waals surface area contributed by atoms with E-state index >= 15 is 0 Å².